The number of rotatable bonds is 1. The molecule has 0 saturated carbocycles. The number of anilines is 1. The summed E-state index contributed by atoms with van der Waals surface area (Å²) in [5, 5.41) is 3.77. The van der Waals surface area contributed by atoms with Gasteiger partial charge in [0.25, 0.3) is 0 Å². The van der Waals surface area contributed by atoms with Crippen molar-refractivity contribution < 1.29 is 0 Å². The van der Waals surface area contributed by atoms with Crippen LogP contribution in [-0.4, -0.2) is 23.1 Å². The first-order valence-corrected chi connectivity index (χ1v) is 8.82. The van der Waals surface area contributed by atoms with Crippen LogP contribution >= 0.6 is 22.9 Å². The monoisotopic (exact) mass is 323 g/mol. The van der Waals surface area contributed by atoms with Crippen LogP contribution in [0.15, 0.2) is 5.38 Å². The van der Waals surface area contributed by atoms with Crippen molar-refractivity contribution >= 4 is 39.0 Å². The zero-order valence-corrected chi connectivity index (χ0v) is 14.7. The lowest BCUT2D eigenvalue weighted by molar-refractivity contribution is 0.437. The van der Waals surface area contributed by atoms with Crippen molar-refractivity contribution in [3.05, 3.63) is 16.2 Å². The Morgan fingerprint density at radius 3 is 2.52 bits per heavy atom. The minimum Gasteiger partial charge on any atom is -0.356 e. The van der Waals surface area contributed by atoms with Crippen LogP contribution in [0.3, 0.4) is 0 Å². The van der Waals surface area contributed by atoms with Gasteiger partial charge in [0.1, 0.15) is 10.6 Å². The summed E-state index contributed by atoms with van der Waals surface area (Å²) in [6.45, 7) is 11.2. The molecule has 0 aromatic carbocycles. The second-order valence-corrected chi connectivity index (χ2v) is 8.26. The maximum absolute atomic E-state index is 6.15. The molecule has 1 fully saturated rings. The highest BCUT2D eigenvalue weighted by Crippen LogP contribution is 2.39. The minimum absolute atomic E-state index is 0.0905. The van der Waals surface area contributed by atoms with E-state index >= 15 is 0 Å². The number of aromatic nitrogens is 2. The summed E-state index contributed by atoms with van der Waals surface area (Å²) in [5.74, 6) is 1.83. The summed E-state index contributed by atoms with van der Waals surface area (Å²) in [6, 6.07) is 0. The molecule has 0 aliphatic carbocycles. The van der Waals surface area contributed by atoms with E-state index < -0.39 is 0 Å². The Morgan fingerprint density at radius 1 is 1.24 bits per heavy atom. The van der Waals surface area contributed by atoms with Crippen molar-refractivity contribution in [2.45, 2.75) is 46.0 Å². The lowest BCUT2D eigenvalue weighted by Gasteiger charge is -2.32. The number of halogens is 1. The molecule has 5 heteroatoms. The molecule has 2 aromatic heterocycles. The molecule has 0 atom stereocenters. The zero-order valence-electron chi connectivity index (χ0n) is 13.1. The van der Waals surface area contributed by atoms with Crippen LogP contribution in [0.2, 0.25) is 5.28 Å². The maximum Gasteiger partial charge on any atom is 0.225 e. The minimum atomic E-state index is 0.0905. The number of piperidine rings is 1. The van der Waals surface area contributed by atoms with Crippen LogP contribution < -0.4 is 4.90 Å². The lowest BCUT2D eigenvalue weighted by Crippen LogP contribution is -2.33. The Morgan fingerprint density at radius 2 is 1.90 bits per heavy atom. The first-order chi connectivity index (χ1) is 9.86. The molecule has 3 heterocycles. The van der Waals surface area contributed by atoms with Gasteiger partial charge in [-0.25, -0.2) is 4.98 Å². The highest BCUT2D eigenvalue weighted by atomic mass is 35.5. The van der Waals surface area contributed by atoms with Gasteiger partial charge in [-0.2, -0.15) is 4.98 Å². The van der Waals surface area contributed by atoms with Crippen LogP contribution in [-0.2, 0) is 5.41 Å². The van der Waals surface area contributed by atoms with E-state index in [0.717, 1.165) is 29.7 Å². The predicted octanol–water partition coefficient (Wildman–Crippen LogP) is 4.88. The van der Waals surface area contributed by atoms with Gasteiger partial charge in [0.15, 0.2) is 0 Å². The third-order valence-electron chi connectivity index (χ3n) is 4.28. The summed E-state index contributed by atoms with van der Waals surface area (Å²) in [7, 11) is 0. The van der Waals surface area contributed by atoms with Crippen molar-refractivity contribution in [2.24, 2.45) is 5.92 Å². The molecule has 0 N–H and O–H groups in total. The van der Waals surface area contributed by atoms with E-state index in [2.05, 4.69) is 47.9 Å². The summed E-state index contributed by atoms with van der Waals surface area (Å²) in [6.07, 6.45) is 2.44. The average Bonchev–Trinajstić information content (AvgIpc) is 2.82. The smallest absolute Gasteiger partial charge is 0.225 e. The van der Waals surface area contributed by atoms with Crippen molar-refractivity contribution in [2.75, 3.05) is 18.0 Å². The standard InChI is InChI=1S/C16H22ClN3S/c1-10-5-7-20(8-6-10)13-12-11(16(2,3)4)9-21-14(12)19-15(17)18-13/h9-10H,5-8H2,1-4H3. The van der Waals surface area contributed by atoms with Crippen LogP contribution in [0.1, 0.15) is 46.1 Å². The third-order valence-corrected chi connectivity index (χ3v) is 5.32. The van der Waals surface area contributed by atoms with E-state index in [1.807, 2.05) is 0 Å². The second-order valence-electron chi connectivity index (χ2n) is 7.07. The normalized spacial score (nSPS) is 17.7. The maximum atomic E-state index is 6.15. The highest BCUT2D eigenvalue weighted by Gasteiger charge is 2.26. The largest absolute Gasteiger partial charge is 0.356 e. The van der Waals surface area contributed by atoms with Gasteiger partial charge in [-0.15, -0.1) is 11.3 Å². The van der Waals surface area contributed by atoms with Crippen molar-refractivity contribution in [3.63, 3.8) is 0 Å². The number of hydrogen-bond donors (Lipinski definition) is 0. The fourth-order valence-corrected chi connectivity index (χ4v) is 4.27. The van der Waals surface area contributed by atoms with Gasteiger partial charge in [-0.1, -0.05) is 27.7 Å². The van der Waals surface area contributed by atoms with Gasteiger partial charge in [0.2, 0.25) is 5.28 Å². The number of fused-ring (bicyclic) bond motifs is 1. The second kappa shape index (κ2) is 5.40. The first-order valence-electron chi connectivity index (χ1n) is 7.56. The van der Waals surface area contributed by atoms with Crippen LogP contribution in [0.25, 0.3) is 10.2 Å². The van der Waals surface area contributed by atoms with Crippen LogP contribution in [0.4, 0.5) is 5.82 Å². The predicted molar refractivity (Wildman–Crippen MR) is 91.7 cm³/mol. The Bertz CT molecular complexity index is 651. The van der Waals surface area contributed by atoms with Gasteiger partial charge in [-0.05, 0) is 46.7 Å². The molecule has 0 bridgehead atoms. The summed E-state index contributed by atoms with van der Waals surface area (Å²) in [4.78, 5) is 12.4. The van der Waals surface area contributed by atoms with E-state index in [4.69, 9.17) is 11.6 Å². The highest BCUT2D eigenvalue weighted by molar-refractivity contribution is 7.17. The Balaban J connectivity index is 2.14. The lowest BCUT2D eigenvalue weighted by atomic mass is 9.87. The topological polar surface area (TPSA) is 29.0 Å². The summed E-state index contributed by atoms with van der Waals surface area (Å²) in [5.41, 5.74) is 1.42. The molecule has 1 saturated heterocycles. The SMILES string of the molecule is CC1CCN(c2nc(Cl)nc3scc(C(C)(C)C)c23)CC1. The number of thiophene rings is 1. The molecule has 3 rings (SSSR count). The Kier molecular flexibility index (Phi) is 3.87. The first kappa shape index (κ1) is 15.0. The van der Waals surface area contributed by atoms with E-state index in [0.29, 0.717) is 5.28 Å². The quantitative estimate of drug-likeness (QED) is 0.700. The number of nitrogens with zero attached hydrogens (tertiary/aromatic N) is 3. The van der Waals surface area contributed by atoms with Gasteiger partial charge in [0, 0.05) is 13.1 Å². The number of hydrogen-bond acceptors (Lipinski definition) is 4. The fraction of sp³-hybridized carbons (Fsp3) is 0.625. The summed E-state index contributed by atoms with van der Waals surface area (Å²) >= 11 is 7.82. The average molecular weight is 324 g/mol. The molecule has 21 heavy (non-hydrogen) atoms. The molecule has 3 nitrogen and oxygen atoms in total. The van der Waals surface area contributed by atoms with Crippen molar-refractivity contribution in [3.8, 4) is 0 Å². The zero-order chi connectivity index (χ0) is 15.2. The third kappa shape index (κ3) is 2.88. The molecule has 0 spiro atoms. The molecule has 0 unspecified atom stereocenters. The molecular weight excluding hydrogens is 302 g/mol. The van der Waals surface area contributed by atoms with Gasteiger partial charge in [-0.3, -0.25) is 0 Å². The van der Waals surface area contributed by atoms with Crippen LogP contribution in [0, 0.1) is 5.92 Å². The Hall–Kier alpha value is -0.870. The molecular formula is C16H22ClN3S. The Labute approximate surface area is 135 Å². The van der Waals surface area contributed by atoms with E-state index in [1.165, 1.54) is 23.8 Å². The molecule has 0 amide bonds. The molecule has 2 aromatic rings. The van der Waals surface area contributed by atoms with E-state index in [1.54, 1.807) is 11.3 Å². The molecule has 0 radical (unpaired) electrons. The molecule has 114 valence electrons. The van der Waals surface area contributed by atoms with Crippen LogP contribution in [0.5, 0.6) is 0 Å². The fourth-order valence-electron chi connectivity index (χ4n) is 2.90. The molecule has 1 aliphatic rings. The molecule has 1 aliphatic heterocycles. The summed E-state index contributed by atoms with van der Waals surface area (Å²) < 4.78 is 0. The van der Waals surface area contributed by atoms with Gasteiger partial charge >= 0.3 is 0 Å². The van der Waals surface area contributed by atoms with Crippen molar-refractivity contribution in [1.82, 2.24) is 9.97 Å². The van der Waals surface area contributed by atoms with Gasteiger partial charge < -0.3 is 4.90 Å². The van der Waals surface area contributed by atoms with Crippen molar-refractivity contribution in [1.29, 1.82) is 0 Å². The van der Waals surface area contributed by atoms with E-state index in [9.17, 15) is 0 Å². The van der Waals surface area contributed by atoms with E-state index in [-0.39, 0.29) is 5.41 Å². The van der Waals surface area contributed by atoms with Gasteiger partial charge in [0.05, 0.1) is 5.39 Å².